The first-order valence-electron chi connectivity index (χ1n) is 5.82. The molecular formula is C13H15N3O2S. The molecule has 2 aromatic rings. The van der Waals surface area contributed by atoms with Crippen LogP contribution < -0.4 is 11.1 Å². The maximum Gasteiger partial charge on any atom is 0.275 e. The van der Waals surface area contributed by atoms with Gasteiger partial charge in [0, 0.05) is 11.1 Å². The minimum atomic E-state index is -0.264. The van der Waals surface area contributed by atoms with Crippen LogP contribution in [-0.4, -0.2) is 16.0 Å². The number of anilines is 1. The molecule has 1 amide bonds. The molecule has 0 aliphatic carbocycles. The summed E-state index contributed by atoms with van der Waals surface area (Å²) >= 11 is 1.37. The molecule has 2 rings (SSSR count). The van der Waals surface area contributed by atoms with Crippen molar-refractivity contribution in [1.29, 1.82) is 0 Å². The number of amides is 1. The third kappa shape index (κ3) is 3.37. The molecular weight excluding hydrogens is 262 g/mol. The standard InChI is InChI=1S/C13H15N3O2S/c1-8(14)13-16-11(7-19-13)12(18)15-10-4-2-9(6-17)3-5-10/h2-5,7-8,17H,6,14H2,1H3,(H,15,18). The lowest BCUT2D eigenvalue weighted by atomic mass is 10.2. The summed E-state index contributed by atoms with van der Waals surface area (Å²) in [5.74, 6) is -0.264. The highest BCUT2D eigenvalue weighted by Crippen LogP contribution is 2.17. The summed E-state index contributed by atoms with van der Waals surface area (Å²) in [5.41, 5.74) is 7.53. The minimum Gasteiger partial charge on any atom is -0.392 e. The smallest absolute Gasteiger partial charge is 0.275 e. The van der Waals surface area contributed by atoms with Crippen molar-refractivity contribution < 1.29 is 9.90 Å². The Balaban J connectivity index is 2.06. The zero-order valence-electron chi connectivity index (χ0n) is 10.5. The zero-order chi connectivity index (χ0) is 13.8. The van der Waals surface area contributed by atoms with Crippen molar-refractivity contribution in [3.63, 3.8) is 0 Å². The third-order valence-corrected chi connectivity index (χ3v) is 3.58. The molecule has 0 aliphatic heterocycles. The summed E-state index contributed by atoms with van der Waals surface area (Å²) < 4.78 is 0. The average Bonchev–Trinajstić information content (AvgIpc) is 2.89. The number of carbonyl (C=O) groups is 1. The molecule has 1 atom stereocenters. The molecule has 6 heteroatoms. The van der Waals surface area contributed by atoms with Gasteiger partial charge in [0.05, 0.1) is 12.6 Å². The Morgan fingerprint density at radius 3 is 2.68 bits per heavy atom. The predicted molar refractivity (Wildman–Crippen MR) is 75.0 cm³/mol. The predicted octanol–water partition coefficient (Wildman–Crippen LogP) is 1.91. The van der Waals surface area contributed by atoms with Crippen LogP contribution in [0.4, 0.5) is 5.69 Å². The second-order valence-corrected chi connectivity index (χ2v) is 5.06. The van der Waals surface area contributed by atoms with Crippen molar-refractivity contribution in [2.24, 2.45) is 5.73 Å². The number of nitrogens with zero attached hydrogens (tertiary/aromatic N) is 1. The molecule has 0 spiro atoms. The first-order chi connectivity index (χ1) is 9.10. The molecule has 0 bridgehead atoms. The molecule has 0 aliphatic rings. The lowest BCUT2D eigenvalue weighted by molar-refractivity contribution is 0.102. The Morgan fingerprint density at radius 1 is 1.47 bits per heavy atom. The molecule has 1 aromatic heterocycles. The first-order valence-corrected chi connectivity index (χ1v) is 6.70. The Morgan fingerprint density at radius 2 is 2.16 bits per heavy atom. The molecule has 4 N–H and O–H groups in total. The van der Waals surface area contributed by atoms with E-state index in [0.717, 1.165) is 10.6 Å². The van der Waals surface area contributed by atoms with E-state index >= 15 is 0 Å². The fourth-order valence-corrected chi connectivity index (χ4v) is 2.25. The average molecular weight is 277 g/mol. The Hall–Kier alpha value is -1.76. The molecule has 5 nitrogen and oxygen atoms in total. The van der Waals surface area contributed by atoms with Crippen LogP contribution in [0.25, 0.3) is 0 Å². The van der Waals surface area contributed by atoms with Gasteiger partial charge in [-0.1, -0.05) is 12.1 Å². The van der Waals surface area contributed by atoms with Gasteiger partial charge in [0.2, 0.25) is 0 Å². The van der Waals surface area contributed by atoms with Gasteiger partial charge in [0.15, 0.2) is 0 Å². The van der Waals surface area contributed by atoms with Crippen LogP contribution >= 0.6 is 11.3 Å². The lowest BCUT2D eigenvalue weighted by Crippen LogP contribution is -2.13. The van der Waals surface area contributed by atoms with E-state index in [0.29, 0.717) is 11.4 Å². The van der Waals surface area contributed by atoms with Gasteiger partial charge in [-0.15, -0.1) is 11.3 Å². The van der Waals surface area contributed by atoms with Crippen molar-refractivity contribution in [1.82, 2.24) is 4.98 Å². The summed E-state index contributed by atoms with van der Waals surface area (Å²) in [4.78, 5) is 16.1. The van der Waals surface area contributed by atoms with Crippen LogP contribution in [0, 0.1) is 0 Å². The highest BCUT2D eigenvalue weighted by atomic mass is 32.1. The number of rotatable bonds is 4. The van der Waals surface area contributed by atoms with Crippen molar-refractivity contribution in [2.45, 2.75) is 19.6 Å². The summed E-state index contributed by atoms with van der Waals surface area (Å²) in [5, 5.41) is 14.1. The molecule has 0 fully saturated rings. The highest BCUT2D eigenvalue weighted by Gasteiger charge is 2.12. The first kappa shape index (κ1) is 13.7. The van der Waals surface area contributed by atoms with E-state index in [1.54, 1.807) is 29.6 Å². The Labute approximate surface area is 115 Å². The molecule has 19 heavy (non-hydrogen) atoms. The van der Waals surface area contributed by atoms with Crippen molar-refractivity contribution >= 4 is 22.9 Å². The van der Waals surface area contributed by atoms with E-state index in [4.69, 9.17) is 10.8 Å². The van der Waals surface area contributed by atoms with Gasteiger partial charge in [-0.2, -0.15) is 0 Å². The van der Waals surface area contributed by atoms with Crippen LogP contribution in [0.15, 0.2) is 29.6 Å². The van der Waals surface area contributed by atoms with E-state index < -0.39 is 0 Å². The number of aliphatic hydroxyl groups excluding tert-OH is 1. The van der Waals surface area contributed by atoms with Gasteiger partial charge in [-0.25, -0.2) is 4.98 Å². The van der Waals surface area contributed by atoms with Gasteiger partial charge in [0.25, 0.3) is 5.91 Å². The maximum atomic E-state index is 11.9. The van der Waals surface area contributed by atoms with Gasteiger partial charge in [0.1, 0.15) is 10.7 Å². The third-order valence-electron chi connectivity index (χ3n) is 2.54. The van der Waals surface area contributed by atoms with Gasteiger partial charge < -0.3 is 16.2 Å². The minimum absolute atomic E-state index is 0.0158. The number of nitrogens with two attached hydrogens (primary N) is 1. The zero-order valence-corrected chi connectivity index (χ0v) is 11.3. The fraction of sp³-hybridized carbons (Fsp3) is 0.231. The van der Waals surface area contributed by atoms with E-state index in [1.807, 2.05) is 6.92 Å². The normalized spacial score (nSPS) is 12.2. The molecule has 100 valence electrons. The number of nitrogens with one attached hydrogen (secondary N) is 1. The summed E-state index contributed by atoms with van der Waals surface area (Å²) in [6.07, 6.45) is 0. The molecule has 0 saturated heterocycles. The summed E-state index contributed by atoms with van der Waals surface area (Å²) in [7, 11) is 0. The van der Waals surface area contributed by atoms with Gasteiger partial charge in [-0.3, -0.25) is 4.79 Å². The number of thiazole rings is 1. The molecule has 0 radical (unpaired) electrons. The second-order valence-electron chi connectivity index (χ2n) is 4.17. The van der Waals surface area contributed by atoms with E-state index in [1.165, 1.54) is 11.3 Å². The quantitative estimate of drug-likeness (QED) is 0.796. The number of benzene rings is 1. The number of aliphatic hydroxyl groups is 1. The van der Waals surface area contributed by atoms with E-state index in [9.17, 15) is 4.79 Å². The van der Waals surface area contributed by atoms with Crippen molar-refractivity contribution in [3.8, 4) is 0 Å². The maximum absolute atomic E-state index is 11.9. The van der Waals surface area contributed by atoms with Crippen LogP contribution in [0.5, 0.6) is 0 Å². The fourth-order valence-electron chi connectivity index (χ4n) is 1.49. The van der Waals surface area contributed by atoms with Crippen LogP contribution in [0.3, 0.4) is 0 Å². The number of hydrogen-bond acceptors (Lipinski definition) is 5. The van der Waals surface area contributed by atoms with E-state index in [-0.39, 0.29) is 18.6 Å². The number of hydrogen-bond donors (Lipinski definition) is 3. The molecule has 1 heterocycles. The van der Waals surface area contributed by atoms with Crippen molar-refractivity contribution in [2.75, 3.05) is 5.32 Å². The second kappa shape index (κ2) is 5.92. The monoisotopic (exact) mass is 277 g/mol. The molecule has 0 saturated carbocycles. The summed E-state index contributed by atoms with van der Waals surface area (Å²) in [6.45, 7) is 1.81. The van der Waals surface area contributed by atoms with Crippen molar-refractivity contribution in [3.05, 3.63) is 45.9 Å². The van der Waals surface area contributed by atoms with E-state index in [2.05, 4.69) is 10.3 Å². The number of carbonyl (C=O) groups excluding carboxylic acids is 1. The van der Waals surface area contributed by atoms with Gasteiger partial charge >= 0.3 is 0 Å². The topological polar surface area (TPSA) is 88.2 Å². The van der Waals surface area contributed by atoms with Gasteiger partial charge in [-0.05, 0) is 24.6 Å². The van der Waals surface area contributed by atoms with Crippen LogP contribution in [0.2, 0.25) is 0 Å². The van der Waals surface area contributed by atoms with Crippen LogP contribution in [-0.2, 0) is 6.61 Å². The lowest BCUT2D eigenvalue weighted by Gasteiger charge is -2.04. The largest absolute Gasteiger partial charge is 0.392 e. The Kier molecular flexibility index (Phi) is 4.26. The summed E-state index contributed by atoms with van der Waals surface area (Å²) in [6, 6.07) is 6.81. The molecule has 1 aromatic carbocycles. The number of aromatic nitrogens is 1. The van der Waals surface area contributed by atoms with Crippen LogP contribution in [0.1, 0.15) is 34.0 Å². The Bertz CT molecular complexity index is 564. The SMILES string of the molecule is CC(N)c1nc(C(=O)Nc2ccc(CO)cc2)cs1. The molecule has 1 unspecified atom stereocenters. The highest BCUT2D eigenvalue weighted by molar-refractivity contribution is 7.09.